The topological polar surface area (TPSA) is 125 Å². The zero-order valence-corrected chi connectivity index (χ0v) is 17.6. The van der Waals surface area contributed by atoms with Crippen LogP contribution in [0.3, 0.4) is 0 Å². The zero-order valence-electron chi connectivity index (χ0n) is 15.3. The molecule has 3 rings (SSSR count). The molecule has 164 valence electrons. The second kappa shape index (κ2) is 13.1. The second-order valence-corrected chi connectivity index (χ2v) is 6.64. The molecule has 1 unspecified atom stereocenters. The third-order valence-electron chi connectivity index (χ3n) is 3.52. The van der Waals surface area contributed by atoms with E-state index in [4.69, 9.17) is 41.3 Å². The smallest absolute Gasteiger partial charge is 0.216 e. The third kappa shape index (κ3) is 7.88. The molecule has 0 fully saturated rings. The number of nitrogens with one attached hydrogen (secondary N) is 1. The Morgan fingerprint density at radius 3 is 2.53 bits per heavy atom. The van der Waals surface area contributed by atoms with Crippen LogP contribution < -0.4 is 10.1 Å². The molecule has 0 saturated heterocycles. The van der Waals surface area contributed by atoms with Crippen LogP contribution in [-0.4, -0.2) is 46.2 Å². The van der Waals surface area contributed by atoms with E-state index < -0.39 is 11.4 Å². The second-order valence-electron chi connectivity index (χ2n) is 5.39. The molecule has 1 atom stereocenters. The number of rotatable bonds is 7. The van der Waals surface area contributed by atoms with Crippen molar-refractivity contribution >= 4 is 40.4 Å². The van der Waals surface area contributed by atoms with Gasteiger partial charge in [-0.25, -0.2) is 18.9 Å². The van der Waals surface area contributed by atoms with Gasteiger partial charge in [0.2, 0.25) is 5.88 Å². The van der Waals surface area contributed by atoms with Crippen LogP contribution in [0.5, 0.6) is 5.88 Å². The van der Waals surface area contributed by atoms with E-state index in [0.717, 1.165) is 17.8 Å². The number of benzene rings is 1. The molecule has 0 saturated carbocycles. The van der Waals surface area contributed by atoms with E-state index >= 15 is 0 Å². The van der Waals surface area contributed by atoms with Crippen molar-refractivity contribution in [1.29, 1.82) is 0 Å². The van der Waals surface area contributed by atoms with Gasteiger partial charge >= 0.3 is 0 Å². The molecule has 12 heteroatoms. The Hall–Kier alpha value is -2.24. The highest BCUT2D eigenvalue weighted by Gasteiger charge is 2.08. The first kappa shape index (κ1) is 25.8. The number of anilines is 1. The van der Waals surface area contributed by atoms with Crippen LogP contribution in [0.15, 0.2) is 42.9 Å². The SMILES string of the molecule is C.CCc1ncnc(NCCOc2ccnn2-c2ccc(Cl)cc2)c1Cl.O=S([O-])O. The largest absolute Gasteiger partial charge is 0.750 e. The summed E-state index contributed by atoms with van der Waals surface area (Å²) in [6.07, 6.45) is 3.95. The molecule has 2 heterocycles. The summed E-state index contributed by atoms with van der Waals surface area (Å²) in [5.41, 5.74) is 1.70. The number of halogens is 2. The summed E-state index contributed by atoms with van der Waals surface area (Å²) in [6.45, 7) is 2.98. The molecule has 0 spiro atoms. The number of hydrogen-bond donors (Lipinski definition) is 2. The highest BCUT2D eigenvalue weighted by atomic mass is 35.5. The van der Waals surface area contributed by atoms with E-state index in [1.807, 2.05) is 37.3 Å². The molecule has 0 bridgehead atoms. The van der Waals surface area contributed by atoms with Gasteiger partial charge in [0, 0.05) is 11.1 Å². The van der Waals surface area contributed by atoms with Crippen molar-refractivity contribution in [3.05, 3.63) is 58.6 Å². The van der Waals surface area contributed by atoms with E-state index in [0.29, 0.717) is 34.9 Å². The first-order chi connectivity index (χ1) is 13.9. The first-order valence-corrected chi connectivity index (χ1v) is 10.2. The standard InChI is InChI=1S/C17H17Cl2N5O.CH4.H2O3S/c1-2-14-16(19)17(22-11-21-14)20-9-10-25-15-7-8-23-24(15)13-5-3-12(18)4-6-13;;1-4(2)3/h3-8,11H,2,9-10H2,1H3,(H,20,21,22);1H4;(H2,1,2,3)/p-1. The van der Waals surface area contributed by atoms with Gasteiger partial charge in [0.1, 0.15) is 23.8 Å². The van der Waals surface area contributed by atoms with Crippen LogP contribution >= 0.6 is 23.2 Å². The van der Waals surface area contributed by atoms with Crippen LogP contribution in [0.4, 0.5) is 5.82 Å². The lowest BCUT2D eigenvalue weighted by atomic mass is 10.3. The quantitative estimate of drug-likeness (QED) is 0.388. The maximum Gasteiger partial charge on any atom is 0.216 e. The summed E-state index contributed by atoms with van der Waals surface area (Å²) < 4.78 is 31.6. The summed E-state index contributed by atoms with van der Waals surface area (Å²) in [7, 11) is 0. The Balaban J connectivity index is 0.000000827. The van der Waals surface area contributed by atoms with Crippen LogP contribution in [0.1, 0.15) is 20.0 Å². The Labute approximate surface area is 187 Å². The van der Waals surface area contributed by atoms with Crippen LogP contribution in [0, 0.1) is 0 Å². The van der Waals surface area contributed by atoms with E-state index in [1.54, 1.807) is 10.9 Å². The highest BCUT2D eigenvalue weighted by molar-refractivity contribution is 7.73. The lowest BCUT2D eigenvalue weighted by Gasteiger charge is -2.11. The monoisotopic (exact) mass is 474 g/mol. The normalized spacial score (nSPS) is 11.0. The summed E-state index contributed by atoms with van der Waals surface area (Å²) in [5, 5.41) is 8.67. The third-order valence-corrected chi connectivity index (χ3v) is 4.17. The summed E-state index contributed by atoms with van der Waals surface area (Å²) in [6, 6.07) is 9.20. The van der Waals surface area contributed by atoms with Gasteiger partial charge in [0.15, 0.2) is 0 Å². The van der Waals surface area contributed by atoms with E-state index in [-0.39, 0.29) is 7.43 Å². The summed E-state index contributed by atoms with van der Waals surface area (Å²) >= 11 is 9.31. The van der Waals surface area contributed by atoms with Crippen molar-refractivity contribution in [2.45, 2.75) is 20.8 Å². The van der Waals surface area contributed by atoms with Gasteiger partial charge in [-0.3, -0.25) is 0 Å². The van der Waals surface area contributed by atoms with Gasteiger partial charge in [-0.1, -0.05) is 37.6 Å². The average Bonchev–Trinajstić information content (AvgIpc) is 3.15. The number of hydrogen-bond acceptors (Lipinski definition) is 7. The molecule has 2 aromatic heterocycles. The molecule has 0 aliphatic carbocycles. The van der Waals surface area contributed by atoms with Crippen molar-refractivity contribution in [3.63, 3.8) is 0 Å². The minimum atomic E-state index is -2.86. The average molecular weight is 475 g/mol. The number of aromatic nitrogens is 4. The molecule has 0 aliphatic heterocycles. The summed E-state index contributed by atoms with van der Waals surface area (Å²) in [5.74, 6) is 1.26. The van der Waals surface area contributed by atoms with Crippen molar-refractivity contribution in [1.82, 2.24) is 19.7 Å². The Morgan fingerprint density at radius 2 is 1.90 bits per heavy atom. The molecule has 3 aromatic rings. The fourth-order valence-electron chi connectivity index (χ4n) is 2.28. The number of aryl methyl sites for hydroxylation is 1. The fraction of sp³-hybridized carbons (Fsp3) is 0.278. The summed E-state index contributed by atoms with van der Waals surface area (Å²) in [4.78, 5) is 8.30. The van der Waals surface area contributed by atoms with E-state index in [1.165, 1.54) is 6.33 Å². The van der Waals surface area contributed by atoms with E-state index in [9.17, 15) is 0 Å². The van der Waals surface area contributed by atoms with Crippen LogP contribution in [0.25, 0.3) is 5.69 Å². The van der Waals surface area contributed by atoms with Gasteiger partial charge < -0.3 is 19.2 Å². The molecule has 0 aliphatic rings. The van der Waals surface area contributed by atoms with Gasteiger partial charge in [0.25, 0.3) is 0 Å². The molecule has 9 nitrogen and oxygen atoms in total. The van der Waals surface area contributed by atoms with Gasteiger partial charge in [0.05, 0.1) is 35.5 Å². The maximum atomic E-state index is 8.56. The minimum Gasteiger partial charge on any atom is -0.750 e. The molecule has 0 amide bonds. The fourth-order valence-corrected chi connectivity index (χ4v) is 2.70. The predicted molar refractivity (Wildman–Crippen MR) is 117 cm³/mol. The molecule has 30 heavy (non-hydrogen) atoms. The number of nitrogens with zero attached hydrogens (tertiary/aromatic N) is 4. The van der Waals surface area contributed by atoms with Crippen molar-refractivity contribution in [3.8, 4) is 11.6 Å². The van der Waals surface area contributed by atoms with Crippen molar-refractivity contribution in [2.24, 2.45) is 0 Å². The Kier molecular flexibility index (Phi) is 11.3. The van der Waals surface area contributed by atoms with Gasteiger partial charge in [-0.05, 0) is 30.7 Å². The lowest BCUT2D eigenvalue weighted by molar-refractivity contribution is 0.310. The number of ether oxygens (including phenoxy) is 1. The molecular formula is C18H22Cl2N5O4S-. The Bertz CT molecular complexity index is 937. The molecular weight excluding hydrogens is 453 g/mol. The predicted octanol–water partition coefficient (Wildman–Crippen LogP) is 4.00. The van der Waals surface area contributed by atoms with Crippen molar-refractivity contribution < 1.29 is 18.1 Å². The first-order valence-electron chi connectivity index (χ1n) is 8.36. The van der Waals surface area contributed by atoms with Crippen molar-refractivity contribution in [2.75, 3.05) is 18.5 Å². The minimum absolute atomic E-state index is 0. The van der Waals surface area contributed by atoms with Gasteiger partial charge in [-0.15, -0.1) is 0 Å². The van der Waals surface area contributed by atoms with E-state index in [2.05, 4.69) is 20.4 Å². The maximum absolute atomic E-state index is 8.56. The lowest BCUT2D eigenvalue weighted by Crippen LogP contribution is -2.14. The highest BCUT2D eigenvalue weighted by Crippen LogP contribution is 2.22. The van der Waals surface area contributed by atoms with Crippen LogP contribution in [-0.2, 0) is 17.8 Å². The Morgan fingerprint density at radius 1 is 1.23 bits per heavy atom. The molecule has 1 aromatic carbocycles. The van der Waals surface area contributed by atoms with Gasteiger partial charge in [-0.2, -0.15) is 5.10 Å². The van der Waals surface area contributed by atoms with Crippen LogP contribution in [0.2, 0.25) is 10.0 Å². The molecule has 0 radical (unpaired) electrons. The zero-order chi connectivity index (χ0) is 21.2. The molecule has 2 N–H and O–H groups in total.